The van der Waals surface area contributed by atoms with Crippen molar-refractivity contribution in [1.29, 1.82) is 0 Å². The van der Waals surface area contributed by atoms with E-state index < -0.39 is 10.0 Å². The van der Waals surface area contributed by atoms with Gasteiger partial charge in [-0.25, -0.2) is 8.42 Å². The molecule has 138 valence electrons. The van der Waals surface area contributed by atoms with Crippen LogP contribution < -0.4 is 4.72 Å². The zero-order valence-corrected chi connectivity index (χ0v) is 16.1. The summed E-state index contributed by atoms with van der Waals surface area (Å²) in [6.45, 7) is 3.97. The predicted molar refractivity (Wildman–Crippen MR) is 108 cm³/mol. The Balaban J connectivity index is 2.03. The number of carbonyl (C=O) groups excluding carboxylic acids is 1. The molecule has 27 heavy (non-hydrogen) atoms. The standard InChI is InChI=1S/C22H21NO3S/c1-3-18-16(2)10-9-14-19(18)22(24)20-13-7-8-15-21(20)23-27(25,26)17-11-5-4-6-12-17/h4-15,23H,3H2,1-2H3. The number of aryl methyl sites for hydroxylation is 1. The monoisotopic (exact) mass is 379 g/mol. The first-order valence-electron chi connectivity index (χ1n) is 8.74. The molecule has 0 saturated heterocycles. The average molecular weight is 379 g/mol. The Bertz CT molecular complexity index is 1070. The second-order valence-corrected chi connectivity index (χ2v) is 7.93. The number of rotatable bonds is 6. The quantitative estimate of drug-likeness (QED) is 0.637. The normalized spacial score (nSPS) is 11.2. The van der Waals surface area contributed by atoms with Gasteiger partial charge in [-0.1, -0.05) is 55.5 Å². The third kappa shape index (κ3) is 3.93. The van der Waals surface area contributed by atoms with Gasteiger partial charge in [-0.2, -0.15) is 0 Å². The fraction of sp³-hybridized carbons (Fsp3) is 0.136. The molecule has 0 radical (unpaired) electrons. The lowest BCUT2D eigenvalue weighted by atomic mass is 9.93. The highest BCUT2D eigenvalue weighted by Crippen LogP contribution is 2.25. The zero-order valence-electron chi connectivity index (χ0n) is 15.3. The van der Waals surface area contributed by atoms with E-state index in [1.54, 1.807) is 48.5 Å². The van der Waals surface area contributed by atoms with Gasteiger partial charge in [0.1, 0.15) is 0 Å². The summed E-state index contributed by atoms with van der Waals surface area (Å²) in [5.74, 6) is -0.193. The van der Waals surface area contributed by atoms with Gasteiger partial charge in [0.25, 0.3) is 10.0 Å². The van der Waals surface area contributed by atoms with Crippen molar-refractivity contribution in [3.8, 4) is 0 Å². The SMILES string of the molecule is CCc1c(C)cccc1C(=O)c1ccccc1NS(=O)(=O)c1ccccc1. The second kappa shape index (κ2) is 7.76. The van der Waals surface area contributed by atoms with Crippen molar-refractivity contribution < 1.29 is 13.2 Å². The number of ketones is 1. The van der Waals surface area contributed by atoms with Crippen molar-refractivity contribution in [1.82, 2.24) is 0 Å². The predicted octanol–water partition coefficient (Wildman–Crippen LogP) is 4.59. The summed E-state index contributed by atoms with van der Waals surface area (Å²) < 4.78 is 27.9. The van der Waals surface area contributed by atoms with Gasteiger partial charge in [0.15, 0.2) is 5.78 Å². The van der Waals surface area contributed by atoms with Crippen molar-refractivity contribution in [2.24, 2.45) is 0 Å². The molecule has 0 spiro atoms. The van der Waals surface area contributed by atoms with Crippen molar-refractivity contribution in [3.05, 3.63) is 95.1 Å². The summed E-state index contributed by atoms with van der Waals surface area (Å²) in [6.07, 6.45) is 0.728. The smallest absolute Gasteiger partial charge is 0.261 e. The zero-order chi connectivity index (χ0) is 19.4. The molecule has 1 N–H and O–H groups in total. The van der Waals surface area contributed by atoms with Gasteiger partial charge in [0.05, 0.1) is 10.6 Å². The molecule has 0 saturated carbocycles. The first kappa shape index (κ1) is 18.9. The number of hydrogen-bond donors (Lipinski definition) is 1. The van der Waals surface area contributed by atoms with Gasteiger partial charge >= 0.3 is 0 Å². The highest BCUT2D eigenvalue weighted by atomic mass is 32.2. The van der Waals surface area contributed by atoms with Crippen LogP contribution in [0.5, 0.6) is 0 Å². The first-order valence-corrected chi connectivity index (χ1v) is 10.2. The Morgan fingerprint density at radius 3 is 2.19 bits per heavy atom. The van der Waals surface area contributed by atoms with E-state index in [2.05, 4.69) is 4.72 Å². The maximum absolute atomic E-state index is 13.2. The van der Waals surface area contributed by atoms with Gasteiger partial charge in [-0.3, -0.25) is 9.52 Å². The molecule has 3 aromatic carbocycles. The van der Waals surface area contributed by atoms with Gasteiger partial charge in [-0.15, -0.1) is 0 Å². The van der Waals surface area contributed by atoms with E-state index in [-0.39, 0.29) is 16.4 Å². The molecule has 5 heteroatoms. The van der Waals surface area contributed by atoms with E-state index in [1.165, 1.54) is 12.1 Å². The fourth-order valence-corrected chi connectivity index (χ4v) is 4.20. The maximum Gasteiger partial charge on any atom is 0.261 e. The summed E-state index contributed by atoms with van der Waals surface area (Å²) in [6, 6.07) is 20.4. The number of carbonyl (C=O) groups is 1. The Morgan fingerprint density at radius 1 is 0.852 bits per heavy atom. The maximum atomic E-state index is 13.2. The summed E-state index contributed by atoms with van der Waals surface area (Å²) >= 11 is 0. The molecule has 3 rings (SSSR count). The Morgan fingerprint density at radius 2 is 1.48 bits per heavy atom. The molecule has 0 heterocycles. The molecular formula is C22H21NO3S. The second-order valence-electron chi connectivity index (χ2n) is 6.25. The van der Waals surface area contributed by atoms with E-state index >= 15 is 0 Å². The van der Waals surface area contributed by atoms with E-state index in [4.69, 9.17) is 0 Å². The summed E-state index contributed by atoms with van der Waals surface area (Å²) in [5, 5.41) is 0. The third-order valence-corrected chi connectivity index (χ3v) is 5.86. The summed E-state index contributed by atoms with van der Waals surface area (Å²) in [7, 11) is -3.78. The van der Waals surface area contributed by atoms with Crippen LogP contribution in [0, 0.1) is 6.92 Å². The number of anilines is 1. The van der Waals surface area contributed by atoms with Gasteiger partial charge in [0.2, 0.25) is 0 Å². The number of hydrogen-bond acceptors (Lipinski definition) is 3. The average Bonchev–Trinajstić information content (AvgIpc) is 2.68. The molecule has 0 aromatic heterocycles. The van der Waals surface area contributed by atoms with Crippen molar-refractivity contribution >= 4 is 21.5 Å². The lowest BCUT2D eigenvalue weighted by Gasteiger charge is -2.14. The van der Waals surface area contributed by atoms with Crippen LogP contribution in [-0.2, 0) is 16.4 Å². The molecule has 4 nitrogen and oxygen atoms in total. The molecule has 0 fully saturated rings. The van der Waals surface area contributed by atoms with E-state index in [9.17, 15) is 13.2 Å². The summed E-state index contributed by atoms with van der Waals surface area (Å²) in [5.41, 5.74) is 3.23. The molecule has 0 aliphatic carbocycles. The molecule has 0 aliphatic heterocycles. The van der Waals surface area contributed by atoms with E-state index in [0.717, 1.165) is 17.5 Å². The lowest BCUT2D eigenvalue weighted by molar-refractivity contribution is 0.103. The van der Waals surface area contributed by atoms with Crippen molar-refractivity contribution in [2.75, 3.05) is 4.72 Å². The van der Waals surface area contributed by atoms with Gasteiger partial charge in [-0.05, 0) is 48.7 Å². The van der Waals surface area contributed by atoms with E-state index in [1.807, 2.05) is 26.0 Å². The molecule has 0 atom stereocenters. The van der Waals surface area contributed by atoms with Crippen molar-refractivity contribution in [3.63, 3.8) is 0 Å². The Hall–Kier alpha value is -2.92. The molecule has 0 unspecified atom stereocenters. The molecular weight excluding hydrogens is 358 g/mol. The van der Waals surface area contributed by atoms with Gasteiger partial charge in [0, 0.05) is 11.1 Å². The van der Waals surface area contributed by atoms with Crippen LogP contribution in [0.15, 0.2) is 77.7 Å². The number of nitrogens with one attached hydrogen (secondary N) is 1. The molecule has 0 amide bonds. The van der Waals surface area contributed by atoms with Crippen LogP contribution in [0.2, 0.25) is 0 Å². The van der Waals surface area contributed by atoms with E-state index in [0.29, 0.717) is 11.1 Å². The highest BCUT2D eigenvalue weighted by molar-refractivity contribution is 7.92. The van der Waals surface area contributed by atoms with Crippen LogP contribution in [0.3, 0.4) is 0 Å². The molecule has 3 aromatic rings. The highest BCUT2D eigenvalue weighted by Gasteiger charge is 2.21. The van der Waals surface area contributed by atoms with Crippen molar-refractivity contribution in [2.45, 2.75) is 25.2 Å². The van der Waals surface area contributed by atoms with Crippen LogP contribution in [0.1, 0.15) is 34.0 Å². The molecule has 0 aliphatic rings. The number of para-hydroxylation sites is 1. The van der Waals surface area contributed by atoms with Crippen LogP contribution >= 0.6 is 0 Å². The minimum atomic E-state index is -3.78. The van der Waals surface area contributed by atoms with Crippen LogP contribution in [-0.4, -0.2) is 14.2 Å². The lowest BCUT2D eigenvalue weighted by Crippen LogP contribution is -2.16. The first-order chi connectivity index (χ1) is 12.9. The van der Waals surface area contributed by atoms with Crippen LogP contribution in [0.4, 0.5) is 5.69 Å². The minimum Gasteiger partial charge on any atom is -0.289 e. The fourth-order valence-electron chi connectivity index (χ4n) is 3.10. The largest absolute Gasteiger partial charge is 0.289 e. The minimum absolute atomic E-state index is 0.150. The third-order valence-electron chi connectivity index (χ3n) is 4.48. The topological polar surface area (TPSA) is 63.2 Å². The Labute approximate surface area is 159 Å². The molecule has 0 bridgehead atoms. The van der Waals surface area contributed by atoms with Gasteiger partial charge < -0.3 is 0 Å². The summed E-state index contributed by atoms with van der Waals surface area (Å²) in [4.78, 5) is 13.3. The number of benzene rings is 3. The van der Waals surface area contributed by atoms with Crippen LogP contribution in [0.25, 0.3) is 0 Å². The Kier molecular flexibility index (Phi) is 5.42. The number of sulfonamides is 1.